The van der Waals surface area contributed by atoms with Crippen molar-refractivity contribution in [2.24, 2.45) is 11.1 Å². The lowest BCUT2D eigenvalue weighted by Gasteiger charge is -2.57. The Balaban J connectivity index is 1.03. The van der Waals surface area contributed by atoms with Gasteiger partial charge in [-0.05, 0) is 76.0 Å². The minimum atomic E-state index is -0.953. The van der Waals surface area contributed by atoms with E-state index in [0.717, 1.165) is 48.5 Å². The van der Waals surface area contributed by atoms with E-state index >= 15 is 0 Å². The summed E-state index contributed by atoms with van der Waals surface area (Å²) in [4.78, 5) is 24.5. The SMILES string of the molecule is CC(C)(O)COc1ccc2c(CC(=O)NC3CC4(C3)CC(Oc3c(F)cc(F)cc3C(N)=O)C4)cnn2c1C1CC1. The molecule has 1 spiro atoms. The predicted octanol–water partition coefficient (Wildman–Crippen LogP) is 3.79. The maximum atomic E-state index is 14.3. The zero-order chi connectivity index (χ0) is 29.1. The Morgan fingerprint density at radius 3 is 2.59 bits per heavy atom. The van der Waals surface area contributed by atoms with Crippen LogP contribution >= 0.6 is 0 Å². The first-order valence-corrected chi connectivity index (χ1v) is 14.0. The van der Waals surface area contributed by atoms with E-state index in [1.807, 2.05) is 16.6 Å². The van der Waals surface area contributed by atoms with Crippen LogP contribution in [0.25, 0.3) is 5.52 Å². The molecule has 4 N–H and O–H groups in total. The molecule has 3 saturated carbocycles. The summed E-state index contributed by atoms with van der Waals surface area (Å²) in [6, 6.07) is 5.39. The number of benzene rings is 1. The lowest BCUT2D eigenvalue weighted by Crippen LogP contribution is -2.59. The van der Waals surface area contributed by atoms with Crippen molar-refractivity contribution in [1.29, 1.82) is 0 Å². The topological polar surface area (TPSA) is 128 Å². The highest BCUT2D eigenvalue weighted by molar-refractivity contribution is 5.95. The van der Waals surface area contributed by atoms with E-state index < -0.39 is 23.1 Å². The summed E-state index contributed by atoms with van der Waals surface area (Å²) in [7, 11) is 0. The zero-order valence-corrected chi connectivity index (χ0v) is 23.1. The molecule has 0 unspecified atom stereocenters. The van der Waals surface area contributed by atoms with E-state index in [1.54, 1.807) is 20.0 Å². The molecule has 0 aliphatic heterocycles. The van der Waals surface area contributed by atoms with E-state index in [9.17, 15) is 23.5 Å². The van der Waals surface area contributed by atoms with Crippen molar-refractivity contribution >= 4 is 17.3 Å². The smallest absolute Gasteiger partial charge is 0.252 e. The molecule has 11 heteroatoms. The Hall–Kier alpha value is -3.73. The van der Waals surface area contributed by atoms with Crippen molar-refractivity contribution in [3.8, 4) is 11.5 Å². The van der Waals surface area contributed by atoms with Crippen LogP contribution in [0.5, 0.6) is 11.5 Å². The molecule has 2 amide bonds. The second-order valence-electron chi connectivity index (χ2n) is 12.6. The number of nitrogens with one attached hydrogen (secondary N) is 1. The fourth-order valence-corrected chi connectivity index (χ4v) is 6.24. The third-order valence-corrected chi connectivity index (χ3v) is 8.26. The molecule has 3 aliphatic carbocycles. The largest absolute Gasteiger partial charge is 0.489 e. The molecule has 2 heterocycles. The van der Waals surface area contributed by atoms with E-state index in [1.165, 1.54) is 0 Å². The number of aliphatic hydroxyl groups is 1. The van der Waals surface area contributed by atoms with E-state index in [0.29, 0.717) is 30.6 Å². The molecule has 218 valence electrons. The molecule has 3 aliphatic rings. The number of hydrogen-bond donors (Lipinski definition) is 3. The van der Waals surface area contributed by atoms with Crippen molar-refractivity contribution in [3.63, 3.8) is 0 Å². The molecule has 3 aromatic rings. The van der Waals surface area contributed by atoms with Gasteiger partial charge in [0, 0.05) is 23.6 Å². The highest BCUT2D eigenvalue weighted by Gasteiger charge is 2.54. The van der Waals surface area contributed by atoms with Gasteiger partial charge >= 0.3 is 0 Å². The average molecular weight is 569 g/mol. The maximum absolute atomic E-state index is 14.3. The molecule has 9 nitrogen and oxygen atoms in total. The van der Waals surface area contributed by atoms with Crippen LogP contribution in [-0.4, -0.2) is 50.9 Å². The van der Waals surface area contributed by atoms with Crippen molar-refractivity contribution < 1.29 is 33.0 Å². The fraction of sp³-hybridized carbons (Fsp3) is 0.500. The Morgan fingerprint density at radius 1 is 1.20 bits per heavy atom. The van der Waals surface area contributed by atoms with Crippen LogP contribution in [0.2, 0.25) is 0 Å². The summed E-state index contributed by atoms with van der Waals surface area (Å²) in [6.45, 7) is 3.57. The molecule has 41 heavy (non-hydrogen) atoms. The van der Waals surface area contributed by atoms with Gasteiger partial charge in [-0.15, -0.1) is 0 Å². The number of nitrogens with zero attached hydrogens (tertiary/aromatic N) is 2. The van der Waals surface area contributed by atoms with Gasteiger partial charge in [0.05, 0.1) is 41.1 Å². The highest BCUT2D eigenvalue weighted by Crippen LogP contribution is 2.57. The number of amides is 2. The van der Waals surface area contributed by atoms with Crippen molar-refractivity contribution in [3.05, 3.63) is 58.9 Å². The summed E-state index contributed by atoms with van der Waals surface area (Å²) >= 11 is 0. The number of halogens is 2. The molecule has 2 aromatic heterocycles. The summed E-state index contributed by atoms with van der Waals surface area (Å²) in [5.74, 6) is -2.13. The number of fused-ring (bicyclic) bond motifs is 1. The first-order chi connectivity index (χ1) is 19.4. The summed E-state index contributed by atoms with van der Waals surface area (Å²) in [5.41, 5.74) is 6.69. The third kappa shape index (κ3) is 5.59. The highest BCUT2D eigenvalue weighted by atomic mass is 19.1. The van der Waals surface area contributed by atoms with Gasteiger partial charge in [0.1, 0.15) is 18.2 Å². The molecule has 0 atom stereocenters. The number of pyridine rings is 1. The number of carbonyl (C=O) groups excluding carboxylic acids is 2. The average Bonchev–Trinajstić information content (AvgIpc) is 3.60. The van der Waals surface area contributed by atoms with Crippen molar-refractivity contribution in [2.75, 3.05) is 6.61 Å². The molecule has 0 saturated heterocycles. The lowest BCUT2D eigenvalue weighted by atomic mass is 9.53. The van der Waals surface area contributed by atoms with E-state index in [-0.39, 0.29) is 47.8 Å². The van der Waals surface area contributed by atoms with Gasteiger partial charge in [-0.1, -0.05) is 0 Å². The first-order valence-electron chi connectivity index (χ1n) is 14.0. The Morgan fingerprint density at radius 2 is 1.93 bits per heavy atom. The molecular formula is C30H34F2N4O5. The van der Waals surface area contributed by atoms with Crippen LogP contribution in [0.4, 0.5) is 8.78 Å². The Bertz CT molecular complexity index is 1510. The van der Waals surface area contributed by atoms with Crippen LogP contribution in [0, 0.1) is 17.0 Å². The van der Waals surface area contributed by atoms with Gasteiger partial charge < -0.3 is 25.6 Å². The quantitative estimate of drug-likeness (QED) is 0.342. The Kier molecular flexibility index (Phi) is 6.67. The summed E-state index contributed by atoms with van der Waals surface area (Å²) < 4.78 is 41.3. The van der Waals surface area contributed by atoms with Crippen LogP contribution < -0.4 is 20.5 Å². The Labute approximate surface area is 236 Å². The van der Waals surface area contributed by atoms with Crippen molar-refractivity contribution in [2.45, 2.75) is 82.5 Å². The van der Waals surface area contributed by atoms with Crippen LogP contribution in [0.1, 0.15) is 79.9 Å². The first kappa shape index (κ1) is 27.4. The van der Waals surface area contributed by atoms with Gasteiger partial charge in [-0.2, -0.15) is 5.10 Å². The normalized spacial score (nSPS) is 23.6. The van der Waals surface area contributed by atoms with Gasteiger partial charge in [-0.25, -0.2) is 13.3 Å². The molecule has 0 bridgehead atoms. The number of aromatic nitrogens is 2. The van der Waals surface area contributed by atoms with E-state index in [2.05, 4.69) is 10.4 Å². The molecular weight excluding hydrogens is 534 g/mol. The second-order valence-corrected chi connectivity index (χ2v) is 12.6. The number of carbonyl (C=O) groups is 2. The lowest BCUT2D eigenvalue weighted by molar-refractivity contribution is -0.126. The number of ether oxygens (including phenoxy) is 2. The maximum Gasteiger partial charge on any atom is 0.252 e. The molecule has 1 aromatic carbocycles. The molecule has 0 radical (unpaired) electrons. The number of primary amides is 1. The second kappa shape index (κ2) is 9.97. The monoisotopic (exact) mass is 568 g/mol. The molecule has 3 fully saturated rings. The predicted molar refractivity (Wildman–Crippen MR) is 145 cm³/mol. The van der Waals surface area contributed by atoms with Crippen LogP contribution in [-0.2, 0) is 11.2 Å². The van der Waals surface area contributed by atoms with Crippen LogP contribution in [0.3, 0.4) is 0 Å². The van der Waals surface area contributed by atoms with Gasteiger partial charge in [0.25, 0.3) is 5.91 Å². The van der Waals surface area contributed by atoms with Crippen LogP contribution in [0.15, 0.2) is 30.5 Å². The minimum absolute atomic E-state index is 0.00905. The number of hydrogen-bond acceptors (Lipinski definition) is 6. The zero-order valence-electron chi connectivity index (χ0n) is 23.1. The fourth-order valence-electron chi connectivity index (χ4n) is 6.24. The standard InChI is InChI=1S/C30H34F2N4O5/c1-29(2,39)15-40-24-6-5-23-17(14-34-36(23)26(24)16-3-4-16)7-25(37)35-19-10-30(11-19)12-20(13-30)41-27-21(28(33)38)8-18(31)9-22(27)32/h5-6,8-9,14,16,19-20,39H,3-4,7,10-13,15H2,1-2H3,(H2,33,38)(H,35,37). The third-order valence-electron chi connectivity index (χ3n) is 8.26. The number of nitrogens with two attached hydrogens (primary N) is 1. The van der Waals surface area contributed by atoms with Crippen molar-refractivity contribution in [1.82, 2.24) is 14.9 Å². The number of rotatable bonds is 10. The minimum Gasteiger partial charge on any atom is -0.489 e. The van der Waals surface area contributed by atoms with Gasteiger partial charge in [0.2, 0.25) is 5.91 Å². The van der Waals surface area contributed by atoms with Gasteiger partial charge in [0.15, 0.2) is 11.6 Å². The molecule has 6 rings (SSSR count). The van der Waals surface area contributed by atoms with E-state index in [4.69, 9.17) is 15.2 Å². The summed E-state index contributed by atoms with van der Waals surface area (Å²) in [6.07, 6.45) is 6.61. The van der Waals surface area contributed by atoms with Gasteiger partial charge in [-0.3, -0.25) is 9.59 Å². The summed E-state index contributed by atoms with van der Waals surface area (Å²) in [5, 5.41) is 17.8.